The van der Waals surface area contributed by atoms with Crippen molar-refractivity contribution < 1.29 is 23.8 Å². The number of carbonyl (C=O) groups is 2. The molecule has 2 amide bonds. The zero-order valence-electron chi connectivity index (χ0n) is 23.1. The number of rotatable bonds is 12. The Balaban J connectivity index is 1.10. The number of aromatic nitrogens is 1. The van der Waals surface area contributed by atoms with Crippen molar-refractivity contribution in [1.82, 2.24) is 10.3 Å². The van der Waals surface area contributed by atoms with E-state index in [1.807, 2.05) is 31.2 Å². The molecule has 2 atom stereocenters. The molecular formula is C30H36N4O5S. The molecule has 2 aromatic carbocycles. The maximum absolute atomic E-state index is 12.9. The number of hydrogen-bond donors (Lipinski definition) is 2. The van der Waals surface area contributed by atoms with Gasteiger partial charge >= 0.3 is 0 Å². The van der Waals surface area contributed by atoms with Crippen molar-refractivity contribution in [1.29, 1.82) is 0 Å². The Hall–Kier alpha value is -3.63. The quantitative estimate of drug-likeness (QED) is 0.320. The van der Waals surface area contributed by atoms with Crippen molar-refractivity contribution in [2.24, 2.45) is 5.92 Å². The Morgan fingerprint density at radius 2 is 1.80 bits per heavy atom. The highest BCUT2D eigenvalue weighted by molar-refractivity contribution is 7.17. The molecule has 2 N–H and O–H groups in total. The molecule has 1 aliphatic heterocycles. The molecule has 1 saturated carbocycles. The maximum atomic E-state index is 12.9. The molecule has 0 radical (unpaired) electrons. The first kappa shape index (κ1) is 27.9. The molecule has 1 aliphatic carbocycles. The Morgan fingerprint density at radius 1 is 1.07 bits per heavy atom. The van der Waals surface area contributed by atoms with Gasteiger partial charge in [-0.25, -0.2) is 4.98 Å². The van der Waals surface area contributed by atoms with Crippen LogP contribution in [0.1, 0.15) is 53.2 Å². The van der Waals surface area contributed by atoms with Gasteiger partial charge in [-0.3, -0.25) is 14.9 Å². The molecule has 212 valence electrons. The third kappa shape index (κ3) is 7.31. The Morgan fingerprint density at radius 3 is 2.50 bits per heavy atom. The lowest BCUT2D eigenvalue weighted by molar-refractivity contribution is -0.119. The number of nitrogens with one attached hydrogen (secondary N) is 2. The van der Waals surface area contributed by atoms with Crippen molar-refractivity contribution in [3.63, 3.8) is 0 Å². The zero-order chi connectivity index (χ0) is 28.1. The molecule has 2 heterocycles. The maximum Gasteiger partial charge on any atom is 0.263 e. The van der Waals surface area contributed by atoms with Gasteiger partial charge < -0.3 is 24.4 Å². The lowest BCUT2D eigenvalue weighted by atomic mass is 10.1. The highest BCUT2D eigenvalue weighted by atomic mass is 32.1. The van der Waals surface area contributed by atoms with E-state index >= 15 is 0 Å². The van der Waals surface area contributed by atoms with Crippen LogP contribution in [0.5, 0.6) is 11.5 Å². The van der Waals surface area contributed by atoms with Crippen molar-refractivity contribution in [2.45, 2.75) is 45.3 Å². The zero-order valence-corrected chi connectivity index (χ0v) is 24.0. The summed E-state index contributed by atoms with van der Waals surface area (Å²) in [6.07, 6.45) is 3.65. The van der Waals surface area contributed by atoms with E-state index in [0.29, 0.717) is 15.7 Å². The molecule has 40 heavy (non-hydrogen) atoms. The molecule has 1 saturated heterocycles. The summed E-state index contributed by atoms with van der Waals surface area (Å²) in [5, 5.41) is 6.04. The number of nitrogens with zero attached hydrogens (tertiary/aromatic N) is 2. The third-order valence-electron chi connectivity index (χ3n) is 7.08. The SMILES string of the molecule is COCC(=O)Nc1nc(C)c(C(=O)NC(C)c2ccc(OC3CCN(c4ccc(OCC5CC5)cc4)C3)cc2)s1. The van der Waals surface area contributed by atoms with Gasteiger partial charge in [0.2, 0.25) is 0 Å². The van der Waals surface area contributed by atoms with Crippen LogP contribution in [0.3, 0.4) is 0 Å². The Bertz CT molecular complexity index is 1310. The fraction of sp³-hybridized carbons (Fsp3) is 0.433. The third-order valence-corrected chi connectivity index (χ3v) is 8.16. The van der Waals surface area contributed by atoms with Crippen LogP contribution in [-0.4, -0.2) is 56.3 Å². The van der Waals surface area contributed by atoms with Crippen LogP contribution in [0.25, 0.3) is 0 Å². The summed E-state index contributed by atoms with van der Waals surface area (Å²) in [7, 11) is 1.45. The number of methoxy groups -OCH3 is 1. The Labute approximate surface area is 238 Å². The smallest absolute Gasteiger partial charge is 0.263 e. The van der Waals surface area contributed by atoms with E-state index in [2.05, 4.69) is 44.8 Å². The molecule has 3 aromatic rings. The van der Waals surface area contributed by atoms with Crippen LogP contribution >= 0.6 is 11.3 Å². The van der Waals surface area contributed by atoms with E-state index in [0.717, 1.165) is 60.4 Å². The van der Waals surface area contributed by atoms with Crippen LogP contribution < -0.4 is 25.0 Å². The summed E-state index contributed by atoms with van der Waals surface area (Å²) in [6.45, 7) is 6.22. The van der Waals surface area contributed by atoms with Crippen LogP contribution in [0.2, 0.25) is 0 Å². The van der Waals surface area contributed by atoms with Gasteiger partial charge in [-0.1, -0.05) is 23.5 Å². The number of aryl methyl sites for hydroxylation is 1. The lowest BCUT2D eigenvalue weighted by Crippen LogP contribution is -2.26. The van der Waals surface area contributed by atoms with Gasteiger partial charge in [-0.2, -0.15) is 0 Å². The minimum absolute atomic E-state index is 0.0696. The molecule has 2 fully saturated rings. The molecule has 2 unspecified atom stereocenters. The van der Waals surface area contributed by atoms with Gasteiger partial charge in [0, 0.05) is 25.8 Å². The summed E-state index contributed by atoms with van der Waals surface area (Å²) < 4.78 is 16.9. The van der Waals surface area contributed by atoms with Gasteiger partial charge in [0.15, 0.2) is 5.13 Å². The molecule has 9 nitrogen and oxygen atoms in total. The number of benzene rings is 2. The standard InChI is InChI=1S/C30H36N4O5S/c1-19(31-29(36)28-20(2)32-30(40-28)33-27(35)18-37-3)22-6-10-25(11-7-22)39-26-14-15-34(16-26)23-8-12-24(13-9-23)38-17-21-4-5-21/h6-13,19,21,26H,4-5,14-18H2,1-3H3,(H,31,36)(H,32,33,35). The summed E-state index contributed by atoms with van der Waals surface area (Å²) in [5.41, 5.74) is 2.72. The minimum atomic E-state index is -0.313. The van der Waals surface area contributed by atoms with E-state index in [4.69, 9.17) is 14.2 Å². The molecule has 1 aromatic heterocycles. The first-order valence-corrected chi connectivity index (χ1v) is 14.5. The highest BCUT2D eigenvalue weighted by Gasteiger charge is 2.25. The second-order valence-corrected chi connectivity index (χ2v) is 11.4. The molecule has 10 heteroatoms. The van der Waals surface area contributed by atoms with Crippen LogP contribution in [-0.2, 0) is 9.53 Å². The minimum Gasteiger partial charge on any atom is -0.493 e. The molecule has 5 rings (SSSR count). The number of amides is 2. The van der Waals surface area contributed by atoms with Crippen molar-refractivity contribution in [2.75, 3.05) is 43.6 Å². The molecular weight excluding hydrogens is 528 g/mol. The molecule has 0 bridgehead atoms. The first-order valence-electron chi connectivity index (χ1n) is 13.7. The summed E-state index contributed by atoms with van der Waals surface area (Å²) in [5.74, 6) is 1.95. The average molecular weight is 565 g/mol. The highest BCUT2D eigenvalue weighted by Crippen LogP contribution is 2.31. The average Bonchev–Trinajstić information content (AvgIpc) is 3.54. The number of anilines is 2. The van der Waals surface area contributed by atoms with E-state index in [-0.39, 0.29) is 30.6 Å². The summed E-state index contributed by atoms with van der Waals surface area (Å²) in [4.78, 5) is 31.7. The van der Waals surface area contributed by atoms with Gasteiger partial charge in [0.1, 0.15) is 29.1 Å². The Kier molecular flexibility index (Phi) is 8.86. The van der Waals surface area contributed by atoms with Crippen LogP contribution in [0.15, 0.2) is 48.5 Å². The first-order chi connectivity index (χ1) is 19.4. The monoisotopic (exact) mass is 564 g/mol. The van der Waals surface area contributed by atoms with E-state index in [1.54, 1.807) is 6.92 Å². The number of ether oxygens (including phenoxy) is 3. The topological polar surface area (TPSA) is 102 Å². The molecule has 0 spiro atoms. The van der Waals surface area contributed by atoms with Crippen LogP contribution in [0.4, 0.5) is 10.8 Å². The van der Waals surface area contributed by atoms with Crippen LogP contribution in [0, 0.1) is 12.8 Å². The van der Waals surface area contributed by atoms with Gasteiger partial charge in [-0.05, 0) is 74.6 Å². The summed E-state index contributed by atoms with van der Waals surface area (Å²) >= 11 is 1.14. The normalized spacial score (nSPS) is 17.4. The van der Waals surface area contributed by atoms with E-state index in [1.165, 1.54) is 25.6 Å². The predicted octanol–water partition coefficient (Wildman–Crippen LogP) is 4.97. The number of thiazole rings is 1. The van der Waals surface area contributed by atoms with Crippen molar-refractivity contribution in [3.8, 4) is 11.5 Å². The van der Waals surface area contributed by atoms with E-state index in [9.17, 15) is 9.59 Å². The largest absolute Gasteiger partial charge is 0.493 e. The van der Waals surface area contributed by atoms with Crippen molar-refractivity contribution >= 4 is 34.0 Å². The molecule has 2 aliphatic rings. The second kappa shape index (κ2) is 12.7. The second-order valence-electron chi connectivity index (χ2n) is 10.4. The van der Waals surface area contributed by atoms with E-state index < -0.39 is 0 Å². The fourth-order valence-corrected chi connectivity index (χ4v) is 5.52. The predicted molar refractivity (Wildman–Crippen MR) is 156 cm³/mol. The van der Waals surface area contributed by atoms with Gasteiger partial charge in [-0.15, -0.1) is 0 Å². The number of hydrogen-bond acceptors (Lipinski definition) is 8. The van der Waals surface area contributed by atoms with Crippen molar-refractivity contribution in [3.05, 3.63) is 64.7 Å². The van der Waals surface area contributed by atoms with Gasteiger partial charge in [0.05, 0.1) is 24.9 Å². The lowest BCUT2D eigenvalue weighted by Gasteiger charge is -2.20. The fourth-order valence-electron chi connectivity index (χ4n) is 4.63. The number of carbonyl (C=O) groups excluding carboxylic acids is 2. The van der Waals surface area contributed by atoms with Gasteiger partial charge in [0.25, 0.3) is 11.8 Å². The summed E-state index contributed by atoms with van der Waals surface area (Å²) in [6, 6.07) is 16.0.